The van der Waals surface area contributed by atoms with Crippen LogP contribution in [0.3, 0.4) is 0 Å². The van der Waals surface area contributed by atoms with Gasteiger partial charge in [-0.1, -0.05) is 129 Å². The van der Waals surface area contributed by atoms with Gasteiger partial charge in [0, 0.05) is 38.0 Å². The number of hydrogen-bond donors (Lipinski definition) is 2. The van der Waals surface area contributed by atoms with Crippen molar-refractivity contribution >= 4 is 44.1 Å². The molecule has 0 aliphatic rings. The minimum absolute atomic E-state index is 0. The number of rotatable bonds is 34. The summed E-state index contributed by atoms with van der Waals surface area (Å²) in [6, 6.07) is 0. The van der Waals surface area contributed by atoms with Crippen LogP contribution < -0.4 is 69.3 Å². The molecule has 0 aromatic rings. The second-order valence-corrected chi connectivity index (χ2v) is 16.3. The second-order valence-electron chi connectivity index (χ2n) is 13.1. The van der Waals surface area contributed by atoms with Crippen molar-refractivity contribution in [1.82, 2.24) is 0 Å². The van der Waals surface area contributed by atoms with E-state index in [9.17, 15) is 55.3 Å². The molecule has 0 aliphatic heterocycles. The number of hydrogen-bond acceptors (Lipinski definition) is 14. The van der Waals surface area contributed by atoms with Crippen LogP contribution in [-0.2, 0) is 58.4 Å². The average molecular weight is 865 g/mol. The van der Waals surface area contributed by atoms with Crippen LogP contribution >= 0.6 is 0 Å². The van der Waals surface area contributed by atoms with E-state index in [0.29, 0.717) is 12.8 Å². The topological polar surface area (TPSA) is 260 Å². The molecular formula is C36H66Na2O16S2. The van der Waals surface area contributed by atoms with E-state index in [2.05, 4.69) is 13.8 Å². The van der Waals surface area contributed by atoms with Crippen LogP contribution in [0, 0.1) is 0 Å². The third kappa shape index (κ3) is 27.4. The van der Waals surface area contributed by atoms with Gasteiger partial charge in [0.25, 0.3) is 9.87 Å². The predicted molar refractivity (Wildman–Crippen MR) is 197 cm³/mol. The van der Waals surface area contributed by atoms with Gasteiger partial charge in [-0.05, 0) is 26.7 Å². The number of carboxylic acid groups (broad SMARTS) is 2. The molecule has 2 unspecified atom stereocenters. The van der Waals surface area contributed by atoms with Gasteiger partial charge in [0.1, 0.15) is 0 Å². The van der Waals surface area contributed by atoms with Crippen LogP contribution in [0.4, 0.5) is 0 Å². The SMILES string of the molecule is CCCCCCCCCCCCOC(=O)C(CC(=O)[O-])(OCC)S(=O)(=O)O.CCCCCCCCCCCCOC(=O)C(CC(=O)[O-])(OCC)S(=O)(=O)O.[Na+].[Na+]. The van der Waals surface area contributed by atoms with E-state index in [0.717, 1.165) is 51.4 Å². The van der Waals surface area contributed by atoms with Gasteiger partial charge >= 0.3 is 91.3 Å². The zero-order chi connectivity index (χ0) is 41.5. The number of aliphatic carboxylic acids is 2. The molecule has 0 fully saturated rings. The van der Waals surface area contributed by atoms with Gasteiger partial charge in [0.15, 0.2) is 0 Å². The first-order valence-electron chi connectivity index (χ1n) is 19.4. The Morgan fingerprint density at radius 1 is 0.464 bits per heavy atom. The first-order valence-corrected chi connectivity index (χ1v) is 22.3. The van der Waals surface area contributed by atoms with Crippen LogP contribution in [0.5, 0.6) is 0 Å². The summed E-state index contributed by atoms with van der Waals surface area (Å²) in [7, 11) is -10.3. The maximum Gasteiger partial charge on any atom is 1.00 e. The van der Waals surface area contributed by atoms with Crippen LogP contribution in [0.15, 0.2) is 0 Å². The number of carbonyl (C=O) groups is 4. The summed E-state index contributed by atoms with van der Waals surface area (Å²) in [5.41, 5.74) is 0. The Labute approximate surface area is 379 Å². The summed E-state index contributed by atoms with van der Waals surface area (Å²) in [5.74, 6) is -6.58. The minimum atomic E-state index is -5.17. The van der Waals surface area contributed by atoms with Gasteiger partial charge in [-0.3, -0.25) is 9.11 Å². The monoisotopic (exact) mass is 864 g/mol. The Morgan fingerprint density at radius 2 is 0.696 bits per heavy atom. The fourth-order valence-electron chi connectivity index (χ4n) is 5.48. The van der Waals surface area contributed by atoms with Gasteiger partial charge in [0.05, 0.1) is 13.2 Å². The van der Waals surface area contributed by atoms with Crippen molar-refractivity contribution in [3.63, 3.8) is 0 Å². The molecule has 2 N–H and O–H groups in total. The van der Waals surface area contributed by atoms with E-state index in [4.69, 9.17) is 18.9 Å². The van der Waals surface area contributed by atoms with Gasteiger partial charge < -0.3 is 38.7 Å². The molecule has 2 atom stereocenters. The number of carbonyl (C=O) groups excluding carboxylic acids is 4. The summed E-state index contributed by atoms with van der Waals surface area (Å²) >= 11 is 0. The zero-order valence-electron chi connectivity index (χ0n) is 34.8. The molecule has 20 heteroatoms. The molecule has 0 heterocycles. The maximum absolute atomic E-state index is 12.1. The van der Waals surface area contributed by atoms with Crippen molar-refractivity contribution in [3.05, 3.63) is 0 Å². The quantitative estimate of drug-likeness (QED) is 0.0321. The molecule has 0 spiro atoms. The number of ether oxygens (including phenoxy) is 4. The number of esters is 2. The fourth-order valence-corrected chi connectivity index (χ4v) is 7.15. The molecule has 0 aromatic heterocycles. The molecule has 0 saturated carbocycles. The van der Waals surface area contributed by atoms with E-state index in [1.807, 2.05) is 0 Å². The average Bonchev–Trinajstić information content (AvgIpc) is 3.07. The van der Waals surface area contributed by atoms with Gasteiger partial charge in [0.2, 0.25) is 0 Å². The van der Waals surface area contributed by atoms with E-state index in [-0.39, 0.29) is 85.5 Å². The van der Waals surface area contributed by atoms with Gasteiger partial charge in [-0.25, -0.2) is 9.59 Å². The predicted octanol–water partition coefficient (Wildman–Crippen LogP) is -1.57. The number of unbranched alkanes of at least 4 members (excludes halogenated alkanes) is 18. The van der Waals surface area contributed by atoms with Crippen molar-refractivity contribution in [2.45, 2.75) is 179 Å². The first-order chi connectivity index (χ1) is 25.4. The number of carboxylic acids is 2. The maximum atomic E-state index is 12.1. The molecule has 16 nitrogen and oxygen atoms in total. The Bertz CT molecular complexity index is 1170. The van der Waals surface area contributed by atoms with Crippen molar-refractivity contribution < 1.29 is 133 Å². The molecule has 0 amide bonds. The molecule has 0 radical (unpaired) electrons. The molecule has 0 saturated heterocycles. The van der Waals surface area contributed by atoms with Crippen molar-refractivity contribution in [2.75, 3.05) is 26.4 Å². The second kappa shape index (κ2) is 36.5. The molecule has 0 rings (SSSR count). The molecule has 320 valence electrons. The van der Waals surface area contributed by atoms with Crippen LogP contribution in [-0.4, -0.2) is 86.1 Å². The molecule has 0 bridgehead atoms. The van der Waals surface area contributed by atoms with E-state index in [1.54, 1.807) is 0 Å². The third-order valence-electron chi connectivity index (χ3n) is 8.43. The minimum Gasteiger partial charge on any atom is -0.550 e. The normalized spacial score (nSPS) is 13.4. The smallest absolute Gasteiger partial charge is 0.550 e. The van der Waals surface area contributed by atoms with E-state index < -0.39 is 66.8 Å². The Balaban J connectivity index is -0.000000466. The largest absolute Gasteiger partial charge is 1.00 e. The summed E-state index contributed by atoms with van der Waals surface area (Å²) < 4.78 is 84.2. The van der Waals surface area contributed by atoms with Crippen molar-refractivity contribution in [1.29, 1.82) is 0 Å². The van der Waals surface area contributed by atoms with Crippen LogP contribution in [0.2, 0.25) is 0 Å². The van der Waals surface area contributed by atoms with Crippen molar-refractivity contribution in [3.8, 4) is 0 Å². The summed E-state index contributed by atoms with van der Waals surface area (Å²) in [5, 5.41) is 21.7. The Kier molecular flexibility index (Phi) is 40.6. The summed E-state index contributed by atoms with van der Waals surface area (Å²) in [4.78, 5) is 39.9. The van der Waals surface area contributed by atoms with Crippen LogP contribution in [0.25, 0.3) is 0 Å². The standard InChI is InChI=1S/2C18H34O8S.2Na/c2*1-3-5-6-7-8-9-10-11-12-13-14-25-17(21)18(26-4-2,15-16(19)20)27(22,23)24;;/h2*3-15H2,1-2H3,(H,19,20)(H,22,23,24);;/q;;2*+1/p-2. The van der Waals surface area contributed by atoms with E-state index in [1.165, 1.54) is 78.1 Å². The van der Waals surface area contributed by atoms with E-state index >= 15 is 0 Å². The van der Waals surface area contributed by atoms with Gasteiger partial charge in [-0.15, -0.1) is 0 Å². The fraction of sp³-hybridized carbons (Fsp3) is 0.889. The summed E-state index contributed by atoms with van der Waals surface area (Å²) in [6.07, 6.45) is 18.8. The molecular weight excluding hydrogens is 798 g/mol. The van der Waals surface area contributed by atoms with Crippen molar-refractivity contribution in [2.24, 2.45) is 0 Å². The summed E-state index contributed by atoms with van der Waals surface area (Å²) in [6.45, 7) is 6.33. The molecule has 0 aliphatic carbocycles. The third-order valence-corrected chi connectivity index (χ3v) is 11.0. The Hall–Kier alpha value is -0.380. The first kappa shape index (κ1) is 62.3. The molecule has 0 aromatic carbocycles. The zero-order valence-corrected chi connectivity index (χ0v) is 40.4. The molecule has 56 heavy (non-hydrogen) atoms. The van der Waals surface area contributed by atoms with Gasteiger partial charge in [-0.2, -0.15) is 16.8 Å². The Morgan fingerprint density at radius 3 is 0.893 bits per heavy atom. The van der Waals surface area contributed by atoms with Crippen LogP contribution in [0.1, 0.15) is 169 Å².